The van der Waals surface area contributed by atoms with Crippen molar-refractivity contribution in [1.29, 1.82) is 0 Å². The summed E-state index contributed by atoms with van der Waals surface area (Å²) in [7, 11) is 2.87. The number of alkyl halides is 3. The van der Waals surface area contributed by atoms with Crippen LogP contribution in [0.5, 0.6) is 5.75 Å². The summed E-state index contributed by atoms with van der Waals surface area (Å²) < 4.78 is 73.7. The number of methoxy groups -OCH3 is 1. The highest BCUT2D eigenvalue weighted by molar-refractivity contribution is 7.88. The molecule has 2 atom stereocenters. The van der Waals surface area contributed by atoms with Gasteiger partial charge in [0.2, 0.25) is 16.0 Å². The minimum Gasteiger partial charge on any atom is -0.495 e. The van der Waals surface area contributed by atoms with Crippen molar-refractivity contribution in [3.05, 3.63) is 70.9 Å². The zero-order valence-electron chi connectivity index (χ0n) is 24.4. The van der Waals surface area contributed by atoms with E-state index in [9.17, 15) is 26.4 Å². The maximum Gasteiger partial charge on any atom is 0.421 e. The fourth-order valence-corrected chi connectivity index (χ4v) is 5.53. The maximum atomic E-state index is 14.1. The van der Waals surface area contributed by atoms with E-state index < -0.39 is 39.7 Å². The molecule has 0 saturated heterocycles. The molecule has 0 fully saturated rings. The van der Waals surface area contributed by atoms with Crippen LogP contribution in [0.2, 0.25) is 0 Å². The number of hydrogen-bond donors (Lipinski definition) is 3. The Morgan fingerprint density at radius 3 is 2.51 bits per heavy atom. The second-order valence-electron chi connectivity index (χ2n) is 10.4. The molecule has 0 bridgehead atoms. The van der Waals surface area contributed by atoms with E-state index in [1.807, 2.05) is 25.1 Å². The number of halogens is 3. The van der Waals surface area contributed by atoms with Crippen LogP contribution in [0.25, 0.3) is 0 Å². The molecule has 2 aromatic carbocycles. The number of anilines is 3. The van der Waals surface area contributed by atoms with Crippen molar-refractivity contribution in [3.8, 4) is 5.75 Å². The first-order valence-electron chi connectivity index (χ1n) is 13.3. The van der Waals surface area contributed by atoms with Crippen LogP contribution in [0, 0.1) is 0 Å². The lowest BCUT2D eigenvalue weighted by Gasteiger charge is -2.30. The number of hydrogen-bond acceptors (Lipinski definition) is 9. The van der Waals surface area contributed by atoms with Crippen LogP contribution in [0.3, 0.4) is 0 Å². The number of carbonyl (C=O) groups excluding carboxylic acids is 1. The molecule has 0 unspecified atom stereocenters. The van der Waals surface area contributed by atoms with Crippen LogP contribution in [0.1, 0.15) is 33.1 Å². The number of amides is 1. The van der Waals surface area contributed by atoms with Gasteiger partial charge in [-0.25, -0.2) is 13.4 Å². The molecule has 0 aliphatic heterocycles. The summed E-state index contributed by atoms with van der Waals surface area (Å²) in [6.07, 6.45) is -2.83. The third-order valence-corrected chi connectivity index (χ3v) is 8.35. The van der Waals surface area contributed by atoms with Gasteiger partial charge in [-0.2, -0.15) is 22.5 Å². The molecule has 1 aliphatic carbocycles. The van der Waals surface area contributed by atoms with E-state index in [1.165, 1.54) is 20.2 Å². The van der Waals surface area contributed by atoms with Crippen molar-refractivity contribution in [2.24, 2.45) is 0 Å². The van der Waals surface area contributed by atoms with Crippen LogP contribution in [0.4, 0.5) is 30.6 Å². The first-order valence-corrected chi connectivity index (χ1v) is 15.1. The van der Waals surface area contributed by atoms with Gasteiger partial charge in [-0.1, -0.05) is 24.3 Å². The van der Waals surface area contributed by atoms with E-state index in [1.54, 1.807) is 30.3 Å². The standard InChI is InChI=1S/C28H34F3N7O4S/c1-37(2)13-12-32-26(39)18-10-11-23(42-4)21(15-18)35-27-33-16-20(28(29,30)31)25(36-27)34-22-14-17-8-6-7-9-19(17)24(22)38(3)43(5,40)41/h6-11,15-16,22,24H,12-14H2,1-5H3,(H,32,39)(H2,33,34,35,36)/t22-,24+/m1/s1. The van der Waals surface area contributed by atoms with E-state index in [2.05, 4.69) is 25.9 Å². The Kier molecular flexibility index (Phi) is 9.47. The van der Waals surface area contributed by atoms with Crippen LogP contribution in [-0.4, -0.2) is 87.1 Å². The van der Waals surface area contributed by atoms with Crippen LogP contribution >= 0.6 is 0 Å². The normalized spacial score (nSPS) is 16.7. The third-order valence-electron chi connectivity index (χ3n) is 7.08. The van der Waals surface area contributed by atoms with E-state index >= 15 is 0 Å². The Morgan fingerprint density at radius 2 is 1.86 bits per heavy atom. The zero-order valence-corrected chi connectivity index (χ0v) is 25.2. The summed E-state index contributed by atoms with van der Waals surface area (Å²) in [6.45, 7) is 1.05. The lowest BCUT2D eigenvalue weighted by atomic mass is 10.1. The molecule has 11 nitrogen and oxygen atoms in total. The van der Waals surface area contributed by atoms with Crippen LogP contribution in [-0.2, 0) is 22.6 Å². The molecule has 232 valence electrons. The average Bonchev–Trinajstić information content (AvgIpc) is 3.28. The fraction of sp³-hybridized carbons (Fsp3) is 0.393. The van der Waals surface area contributed by atoms with E-state index in [0.29, 0.717) is 36.2 Å². The number of fused-ring (bicyclic) bond motifs is 1. The maximum absolute atomic E-state index is 14.1. The first-order chi connectivity index (χ1) is 20.2. The SMILES string of the molecule is COc1ccc(C(=O)NCCN(C)C)cc1Nc1ncc(C(F)(F)F)c(N[C@@H]2Cc3ccccc3[C@@H]2N(C)S(C)(=O)=O)n1. The van der Waals surface area contributed by atoms with E-state index in [0.717, 1.165) is 16.1 Å². The molecule has 0 radical (unpaired) electrons. The van der Waals surface area contributed by atoms with Gasteiger partial charge in [0.05, 0.1) is 31.1 Å². The van der Waals surface area contributed by atoms with Crippen LogP contribution in [0.15, 0.2) is 48.7 Å². The highest BCUT2D eigenvalue weighted by atomic mass is 32.2. The number of aromatic nitrogens is 2. The molecule has 3 N–H and O–H groups in total. The molecule has 0 saturated carbocycles. The third kappa shape index (κ3) is 7.53. The Hall–Kier alpha value is -3.95. The molecule has 15 heteroatoms. The first kappa shape index (κ1) is 32.0. The summed E-state index contributed by atoms with van der Waals surface area (Å²) in [6, 6.07) is 10.2. The lowest BCUT2D eigenvalue weighted by Crippen LogP contribution is -2.39. The molecular weight excluding hydrogens is 587 g/mol. The number of rotatable bonds is 11. The highest BCUT2D eigenvalue weighted by Crippen LogP contribution is 2.40. The second-order valence-corrected chi connectivity index (χ2v) is 12.5. The van der Waals surface area contributed by atoms with Gasteiger partial charge in [0, 0.05) is 31.9 Å². The molecule has 1 heterocycles. The van der Waals surface area contributed by atoms with Crippen molar-refractivity contribution in [2.75, 3.05) is 58.2 Å². The summed E-state index contributed by atoms with van der Waals surface area (Å²) >= 11 is 0. The van der Waals surface area contributed by atoms with Gasteiger partial charge in [0.15, 0.2) is 0 Å². The molecule has 1 aliphatic rings. The molecule has 4 rings (SSSR count). The minimum absolute atomic E-state index is 0.192. The Labute approximate surface area is 248 Å². The smallest absolute Gasteiger partial charge is 0.421 e. The molecule has 43 heavy (non-hydrogen) atoms. The largest absolute Gasteiger partial charge is 0.495 e. The number of sulfonamides is 1. The fourth-order valence-electron chi connectivity index (χ4n) is 4.86. The van der Waals surface area contributed by atoms with Gasteiger partial charge in [0.25, 0.3) is 5.91 Å². The Balaban J connectivity index is 1.67. The summed E-state index contributed by atoms with van der Waals surface area (Å²) in [5.41, 5.74) is 0.945. The van der Waals surface area contributed by atoms with Gasteiger partial charge in [-0.05, 0) is 49.8 Å². The monoisotopic (exact) mass is 621 g/mol. The van der Waals surface area contributed by atoms with Crippen molar-refractivity contribution in [2.45, 2.75) is 24.7 Å². The quantitative estimate of drug-likeness (QED) is 0.295. The molecule has 1 amide bonds. The topological polar surface area (TPSA) is 129 Å². The Morgan fingerprint density at radius 1 is 1.14 bits per heavy atom. The van der Waals surface area contributed by atoms with E-state index in [4.69, 9.17) is 4.74 Å². The summed E-state index contributed by atoms with van der Waals surface area (Å²) in [5, 5.41) is 8.53. The van der Waals surface area contributed by atoms with Gasteiger partial charge >= 0.3 is 6.18 Å². The van der Waals surface area contributed by atoms with Crippen molar-refractivity contribution in [3.63, 3.8) is 0 Å². The second kappa shape index (κ2) is 12.7. The van der Waals surface area contributed by atoms with Crippen molar-refractivity contribution >= 4 is 33.4 Å². The van der Waals surface area contributed by atoms with Crippen molar-refractivity contribution in [1.82, 2.24) is 24.5 Å². The highest BCUT2D eigenvalue weighted by Gasteiger charge is 2.41. The molecule has 3 aromatic rings. The van der Waals surface area contributed by atoms with Gasteiger partial charge < -0.3 is 25.6 Å². The van der Waals surface area contributed by atoms with Crippen LogP contribution < -0.4 is 20.7 Å². The molecule has 0 spiro atoms. The number of likely N-dealkylation sites (N-methyl/N-ethyl adjacent to an activating group) is 2. The predicted octanol–water partition coefficient (Wildman–Crippen LogP) is 3.51. The number of carbonyl (C=O) groups is 1. The zero-order chi connectivity index (χ0) is 31.5. The molecular formula is C28H34F3N7O4S. The van der Waals surface area contributed by atoms with E-state index in [-0.39, 0.29) is 24.0 Å². The lowest BCUT2D eigenvalue weighted by molar-refractivity contribution is -0.137. The minimum atomic E-state index is -4.80. The number of nitrogens with one attached hydrogen (secondary N) is 3. The summed E-state index contributed by atoms with van der Waals surface area (Å²) in [4.78, 5) is 22.6. The molecule has 1 aromatic heterocycles. The number of ether oxygens (including phenoxy) is 1. The number of nitrogens with zero attached hydrogens (tertiary/aromatic N) is 4. The summed E-state index contributed by atoms with van der Waals surface area (Å²) in [5.74, 6) is -0.747. The van der Waals surface area contributed by atoms with Crippen molar-refractivity contribution < 1.29 is 31.1 Å². The predicted molar refractivity (Wildman–Crippen MR) is 157 cm³/mol. The van der Waals surface area contributed by atoms with Gasteiger partial charge in [-0.15, -0.1) is 0 Å². The Bertz CT molecular complexity index is 1580. The van der Waals surface area contributed by atoms with Gasteiger partial charge in [0.1, 0.15) is 17.1 Å². The van der Waals surface area contributed by atoms with Gasteiger partial charge in [-0.3, -0.25) is 4.79 Å². The average molecular weight is 622 g/mol. The number of benzene rings is 2.